The number of nitrogens with two attached hydrogens (primary N) is 1. The largest absolute Gasteiger partial charge is 0.327 e. The lowest BCUT2D eigenvalue weighted by Crippen LogP contribution is -2.46. The van der Waals surface area contributed by atoms with Crippen LogP contribution in [0.15, 0.2) is 12.2 Å². The number of rotatable bonds is 2. The van der Waals surface area contributed by atoms with Crippen LogP contribution in [0.4, 0.5) is 0 Å². The summed E-state index contributed by atoms with van der Waals surface area (Å²) in [5.41, 5.74) is 7.17. The molecule has 2 N–H and O–H groups in total. The van der Waals surface area contributed by atoms with Crippen LogP contribution in [0.1, 0.15) is 20.3 Å². The molecule has 0 aromatic carbocycles. The molecule has 70 valence electrons. The normalized spacial score (nSPS) is 31.9. The van der Waals surface area contributed by atoms with E-state index >= 15 is 0 Å². The minimum Gasteiger partial charge on any atom is -0.327 e. The Bertz CT molecular complexity index is 165. The molecule has 2 heteroatoms. The van der Waals surface area contributed by atoms with Gasteiger partial charge in [0, 0.05) is 19.1 Å². The van der Waals surface area contributed by atoms with E-state index in [9.17, 15) is 0 Å². The fraction of sp³-hybridized carbons (Fsp3) is 0.800. The molecule has 1 fully saturated rings. The van der Waals surface area contributed by atoms with Crippen molar-refractivity contribution in [2.75, 3.05) is 19.6 Å². The zero-order valence-electron chi connectivity index (χ0n) is 8.21. The Hall–Kier alpha value is -0.340. The van der Waals surface area contributed by atoms with Gasteiger partial charge in [0.2, 0.25) is 0 Å². The standard InChI is InChI=1S/C10H20N2/c1-8(2)6-12-5-4-10(11)9(3)7-12/h9-10H,1,4-7,11H2,2-3H3. The van der Waals surface area contributed by atoms with E-state index in [0.29, 0.717) is 12.0 Å². The molecule has 0 spiro atoms. The van der Waals surface area contributed by atoms with Crippen LogP contribution in [0, 0.1) is 5.92 Å². The molecule has 0 amide bonds. The molecule has 2 nitrogen and oxygen atoms in total. The van der Waals surface area contributed by atoms with Crippen LogP contribution in [0.3, 0.4) is 0 Å². The molecule has 1 saturated heterocycles. The summed E-state index contributed by atoms with van der Waals surface area (Å²) >= 11 is 0. The SMILES string of the molecule is C=C(C)CN1CCC(N)C(C)C1. The molecule has 0 aromatic heterocycles. The molecule has 1 aliphatic heterocycles. The van der Waals surface area contributed by atoms with Gasteiger partial charge in [-0.1, -0.05) is 19.1 Å². The van der Waals surface area contributed by atoms with Crippen molar-refractivity contribution in [2.45, 2.75) is 26.3 Å². The minimum absolute atomic E-state index is 0.409. The van der Waals surface area contributed by atoms with Crippen LogP contribution in [-0.4, -0.2) is 30.6 Å². The van der Waals surface area contributed by atoms with Crippen LogP contribution < -0.4 is 5.73 Å². The Morgan fingerprint density at radius 2 is 2.33 bits per heavy atom. The van der Waals surface area contributed by atoms with E-state index in [4.69, 9.17) is 5.73 Å². The van der Waals surface area contributed by atoms with Gasteiger partial charge in [0.1, 0.15) is 0 Å². The highest BCUT2D eigenvalue weighted by atomic mass is 15.1. The molecular weight excluding hydrogens is 148 g/mol. The van der Waals surface area contributed by atoms with Crippen LogP contribution in [0.5, 0.6) is 0 Å². The summed E-state index contributed by atoms with van der Waals surface area (Å²) in [7, 11) is 0. The van der Waals surface area contributed by atoms with Gasteiger partial charge in [-0.15, -0.1) is 0 Å². The number of hydrogen-bond donors (Lipinski definition) is 1. The third-order valence-electron chi connectivity index (χ3n) is 2.55. The lowest BCUT2D eigenvalue weighted by Gasteiger charge is -2.35. The van der Waals surface area contributed by atoms with Crippen LogP contribution in [0.2, 0.25) is 0 Å². The van der Waals surface area contributed by atoms with Gasteiger partial charge >= 0.3 is 0 Å². The summed E-state index contributed by atoms with van der Waals surface area (Å²) in [5.74, 6) is 0.637. The summed E-state index contributed by atoms with van der Waals surface area (Å²) in [6.45, 7) is 11.5. The molecule has 0 saturated carbocycles. The number of nitrogens with zero attached hydrogens (tertiary/aromatic N) is 1. The second-order valence-electron chi connectivity index (χ2n) is 4.12. The first-order valence-electron chi connectivity index (χ1n) is 4.72. The Morgan fingerprint density at radius 3 is 2.83 bits per heavy atom. The van der Waals surface area contributed by atoms with Crippen molar-refractivity contribution in [1.29, 1.82) is 0 Å². The highest BCUT2D eigenvalue weighted by Crippen LogP contribution is 2.15. The lowest BCUT2D eigenvalue weighted by molar-refractivity contribution is 0.177. The third kappa shape index (κ3) is 2.61. The molecule has 1 rings (SSSR count). The van der Waals surface area contributed by atoms with Gasteiger partial charge in [-0.3, -0.25) is 4.90 Å². The lowest BCUT2D eigenvalue weighted by atomic mass is 9.94. The zero-order valence-corrected chi connectivity index (χ0v) is 8.21. The van der Waals surface area contributed by atoms with Crippen LogP contribution >= 0.6 is 0 Å². The van der Waals surface area contributed by atoms with Crippen molar-refractivity contribution >= 4 is 0 Å². The van der Waals surface area contributed by atoms with Crippen molar-refractivity contribution in [3.8, 4) is 0 Å². The second kappa shape index (κ2) is 4.06. The summed E-state index contributed by atoms with van der Waals surface area (Å²) < 4.78 is 0. The van der Waals surface area contributed by atoms with Gasteiger partial charge in [-0.2, -0.15) is 0 Å². The smallest absolute Gasteiger partial charge is 0.0187 e. The maximum Gasteiger partial charge on any atom is 0.0187 e. The van der Waals surface area contributed by atoms with E-state index in [0.717, 1.165) is 26.1 Å². The van der Waals surface area contributed by atoms with Crippen molar-refractivity contribution in [3.05, 3.63) is 12.2 Å². The van der Waals surface area contributed by atoms with Crippen molar-refractivity contribution in [2.24, 2.45) is 11.7 Å². The van der Waals surface area contributed by atoms with Crippen LogP contribution in [0.25, 0.3) is 0 Å². The Morgan fingerprint density at radius 1 is 1.67 bits per heavy atom. The third-order valence-corrected chi connectivity index (χ3v) is 2.55. The summed E-state index contributed by atoms with van der Waals surface area (Å²) in [6, 6.07) is 0.409. The van der Waals surface area contributed by atoms with E-state index in [-0.39, 0.29) is 0 Å². The maximum atomic E-state index is 5.92. The van der Waals surface area contributed by atoms with Gasteiger partial charge in [-0.05, 0) is 25.8 Å². The fourth-order valence-electron chi connectivity index (χ4n) is 1.78. The second-order valence-corrected chi connectivity index (χ2v) is 4.12. The van der Waals surface area contributed by atoms with Crippen molar-refractivity contribution in [3.63, 3.8) is 0 Å². The van der Waals surface area contributed by atoms with E-state index < -0.39 is 0 Å². The summed E-state index contributed by atoms with van der Waals surface area (Å²) in [4.78, 5) is 2.44. The molecule has 0 bridgehead atoms. The predicted molar refractivity (Wildman–Crippen MR) is 53.0 cm³/mol. The number of likely N-dealkylation sites (tertiary alicyclic amines) is 1. The van der Waals surface area contributed by atoms with E-state index in [1.807, 2.05) is 0 Å². The highest BCUT2D eigenvalue weighted by molar-refractivity contribution is 4.94. The Labute approximate surface area is 75.4 Å². The summed E-state index contributed by atoms with van der Waals surface area (Å²) in [5, 5.41) is 0. The van der Waals surface area contributed by atoms with Crippen molar-refractivity contribution < 1.29 is 0 Å². The summed E-state index contributed by atoms with van der Waals surface area (Å²) in [6.07, 6.45) is 1.13. The monoisotopic (exact) mass is 168 g/mol. The molecule has 12 heavy (non-hydrogen) atoms. The maximum absolute atomic E-state index is 5.92. The fourth-order valence-corrected chi connectivity index (χ4v) is 1.78. The first kappa shape index (κ1) is 9.75. The van der Waals surface area contributed by atoms with E-state index in [2.05, 4.69) is 25.3 Å². The molecule has 2 unspecified atom stereocenters. The van der Waals surface area contributed by atoms with Gasteiger partial charge in [0.25, 0.3) is 0 Å². The average Bonchev–Trinajstić information content (AvgIpc) is 1.96. The molecule has 1 aliphatic rings. The topological polar surface area (TPSA) is 29.3 Å². The Kier molecular flexibility index (Phi) is 3.29. The van der Waals surface area contributed by atoms with Gasteiger partial charge < -0.3 is 5.73 Å². The van der Waals surface area contributed by atoms with Crippen molar-refractivity contribution in [1.82, 2.24) is 4.90 Å². The first-order chi connectivity index (χ1) is 5.59. The average molecular weight is 168 g/mol. The van der Waals surface area contributed by atoms with E-state index in [1.54, 1.807) is 0 Å². The quantitative estimate of drug-likeness (QED) is 0.628. The molecular formula is C10H20N2. The number of piperidine rings is 1. The van der Waals surface area contributed by atoms with Crippen LogP contribution in [-0.2, 0) is 0 Å². The van der Waals surface area contributed by atoms with Gasteiger partial charge in [-0.25, -0.2) is 0 Å². The predicted octanol–water partition coefficient (Wildman–Crippen LogP) is 1.23. The number of hydrogen-bond acceptors (Lipinski definition) is 2. The first-order valence-corrected chi connectivity index (χ1v) is 4.72. The van der Waals surface area contributed by atoms with Gasteiger partial charge in [0.15, 0.2) is 0 Å². The molecule has 0 aliphatic carbocycles. The zero-order chi connectivity index (χ0) is 9.14. The van der Waals surface area contributed by atoms with E-state index in [1.165, 1.54) is 5.57 Å². The molecule has 1 heterocycles. The Balaban J connectivity index is 2.35. The molecule has 0 aromatic rings. The minimum atomic E-state index is 0.409. The van der Waals surface area contributed by atoms with Gasteiger partial charge in [0.05, 0.1) is 0 Å². The highest BCUT2D eigenvalue weighted by Gasteiger charge is 2.22. The molecule has 2 atom stereocenters. The molecule has 0 radical (unpaired) electrons.